The third-order valence-corrected chi connectivity index (χ3v) is 4.01. The molecule has 0 heterocycles. The summed E-state index contributed by atoms with van der Waals surface area (Å²) >= 11 is 0. The molecule has 3 nitrogen and oxygen atoms in total. The molecule has 1 aromatic rings. The van der Waals surface area contributed by atoms with Crippen molar-refractivity contribution in [3.05, 3.63) is 28.8 Å². The van der Waals surface area contributed by atoms with E-state index in [-0.39, 0.29) is 17.9 Å². The van der Waals surface area contributed by atoms with E-state index >= 15 is 0 Å². The van der Waals surface area contributed by atoms with Crippen LogP contribution in [0.2, 0.25) is 0 Å². The Morgan fingerprint density at radius 3 is 2.40 bits per heavy atom. The summed E-state index contributed by atoms with van der Waals surface area (Å²) in [6.07, 6.45) is 2.08. The number of aryl methyl sites for hydroxylation is 1. The molecule has 1 amide bonds. The molecule has 3 heteroatoms. The van der Waals surface area contributed by atoms with Crippen molar-refractivity contribution >= 4 is 5.91 Å². The van der Waals surface area contributed by atoms with Crippen LogP contribution in [0.4, 0.5) is 0 Å². The van der Waals surface area contributed by atoms with E-state index in [9.17, 15) is 4.79 Å². The second kappa shape index (κ2) is 5.86. The number of nitrogens with one attached hydrogen (secondary N) is 1. The normalized spacial score (nSPS) is 16.1. The summed E-state index contributed by atoms with van der Waals surface area (Å²) in [6.45, 7) is 8.44. The first-order valence-corrected chi connectivity index (χ1v) is 7.42. The van der Waals surface area contributed by atoms with Gasteiger partial charge in [-0.25, -0.2) is 0 Å². The fourth-order valence-corrected chi connectivity index (χ4v) is 2.56. The molecular weight excluding hydrogens is 250 g/mol. The van der Waals surface area contributed by atoms with Gasteiger partial charge in [0.1, 0.15) is 5.75 Å². The van der Waals surface area contributed by atoms with E-state index in [1.165, 1.54) is 11.1 Å². The Morgan fingerprint density at radius 1 is 1.25 bits per heavy atom. The zero-order chi connectivity index (χ0) is 14.9. The minimum atomic E-state index is 0.0477. The van der Waals surface area contributed by atoms with Crippen LogP contribution in [-0.4, -0.2) is 13.0 Å². The van der Waals surface area contributed by atoms with Crippen LogP contribution in [0.3, 0.4) is 0 Å². The summed E-state index contributed by atoms with van der Waals surface area (Å²) in [4.78, 5) is 11.9. The number of carbonyl (C=O) groups excluding carboxylic acids is 1. The molecule has 1 atom stereocenters. The minimum Gasteiger partial charge on any atom is -0.496 e. The molecule has 2 rings (SSSR count). The maximum atomic E-state index is 11.9. The summed E-state index contributed by atoms with van der Waals surface area (Å²) in [5, 5.41) is 3.12. The topological polar surface area (TPSA) is 38.3 Å². The van der Waals surface area contributed by atoms with Gasteiger partial charge >= 0.3 is 0 Å². The van der Waals surface area contributed by atoms with E-state index in [2.05, 4.69) is 45.1 Å². The molecule has 20 heavy (non-hydrogen) atoms. The van der Waals surface area contributed by atoms with Gasteiger partial charge in [0.05, 0.1) is 13.2 Å². The molecule has 0 aromatic heterocycles. The van der Waals surface area contributed by atoms with Crippen molar-refractivity contribution < 1.29 is 9.53 Å². The molecule has 0 saturated heterocycles. The average Bonchev–Trinajstić information content (AvgIpc) is 3.21. The van der Waals surface area contributed by atoms with E-state index in [0.717, 1.165) is 24.2 Å². The van der Waals surface area contributed by atoms with Gasteiger partial charge in [-0.3, -0.25) is 4.79 Å². The number of methoxy groups -OCH3 is 1. The maximum absolute atomic E-state index is 11.9. The number of hydrogen-bond acceptors (Lipinski definition) is 2. The molecule has 0 spiro atoms. The third-order valence-electron chi connectivity index (χ3n) is 4.01. The molecule has 1 N–H and O–H groups in total. The lowest BCUT2D eigenvalue weighted by atomic mass is 9.93. The number of hydrogen-bond donors (Lipinski definition) is 1. The van der Waals surface area contributed by atoms with Crippen LogP contribution in [0.25, 0.3) is 0 Å². The predicted molar refractivity (Wildman–Crippen MR) is 81.1 cm³/mol. The van der Waals surface area contributed by atoms with Crippen molar-refractivity contribution in [3.63, 3.8) is 0 Å². The van der Waals surface area contributed by atoms with E-state index in [1.807, 2.05) is 0 Å². The van der Waals surface area contributed by atoms with E-state index in [1.54, 1.807) is 7.11 Å². The molecule has 1 saturated carbocycles. The minimum absolute atomic E-state index is 0.0477. The standard InChI is InChI=1S/C17H25NO2/c1-10(2)14-9-15(11(3)8-16(14)20-5)12(4)18-17(19)13-6-7-13/h8-10,12-13H,6-7H2,1-5H3,(H,18,19)/t12-/m1/s1. The first-order valence-electron chi connectivity index (χ1n) is 7.42. The van der Waals surface area contributed by atoms with Crippen LogP contribution in [-0.2, 0) is 4.79 Å². The number of amides is 1. The van der Waals surface area contributed by atoms with E-state index in [4.69, 9.17) is 4.74 Å². The van der Waals surface area contributed by atoms with Gasteiger partial charge in [-0.05, 0) is 61.4 Å². The van der Waals surface area contributed by atoms with Gasteiger partial charge in [0, 0.05) is 5.92 Å². The summed E-state index contributed by atoms with van der Waals surface area (Å²) in [5.74, 6) is 1.77. The Hall–Kier alpha value is -1.51. The van der Waals surface area contributed by atoms with E-state index in [0.29, 0.717) is 5.92 Å². The largest absolute Gasteiger partial charge is 0.496 e. The molecule has 1 aliphatic rings. The van der Waals surface area contributed by atoms with Crippen LogP contribution >= 0.6 is 0 Å². The van der Waals surface area contributed by atoms with Gasteiger partial charge in [0.2, 0.25) is 5.91 Å². The quantitative estimate of drug-likeness (QED) is 0.889. The highest BCUT2D eigenvalue weighted by atomic mass is 16.5. The van der Waals surface area contributed by atoms with Gasteiger partial charge in [-0.2, -0.15) is 0 Å². The average molecular weight is 275 g/mol. The molecule has 0 bridgehead atoms. The molecular formula is C17H25NO2. The lowest BCUT2D eigenvalue weighted by Crippen LogP contribution is -2.28. The van der Waals surface area contributed by atoms with Gasteiger partial charge in [-0.15, -0.1) is 0 Å². The van der Waals surface area contributed by atoms with Crippen molar-refractivity contribution in [1.29, 1.82) is 0 Å². The molecule has 1 fully saturated rings. The lowest BCUT2D eigenvalue weighted by Gasteiger charge is -2.21. The summed E-state index contributed by atoms with van der Waals surface area (Å²) < 4.78 is 5.46. The molecule has 0 radical (unpaired) electrons. The van der Waals surface area contributed by atoms with E-state index < -0.39 is 0 Å². The van der Waals surface area contributed by atoms with Crippen LogP contribution in [0.5, 0.6) is 5.75 Å². The smallest absolute Gasteiger partial charge is 0.223 e. The lowest BCUT2D eigenvalue weighted by molar-refractivity contribution is -0.122. The van der Waals surface area contributed by atoms with Gasteiger partial charge in [0.15, 0.2) is 0 Å². The molecule has 0 unspecified atom stereocenters. The monoisotopic (exact) mass is 275 g/mol. The van der Waals surface area contributed by atoms with Crippen molar-refractivity contribution in [2.45, 2.75) is 52.5 Å². The number of carbonyl (C=O) groups is 1. The Bertz CT molecular complexity index is 504. The number of benzene rings is 1. The van der Waals surface area contributed by atoms with Crippen LogP contribution < -0.4 is 10.1 Å². The second-order valence-corrected chi connectivity index (χ2v) is 6.11. The molecule has 110 valence electrons. The summed E-state index contributed by atoms with van der Waals surface area (Å²) in [7, 11) is 1.71. The zero-order valence-electron chi connectivity index (χ0n) is 13.1. The molecule has 1 aromatic carbocycles. The Morgan fingerprint density at radius 2 is 1.90 bits per heavy atom. The third kappa shape index (κ3) is 3.14. The van der Waals surface area contributed by atoms with Crippen molar-refractivity contribution in [2.24, 2.45) is 5.92 Å². The van der Waals surface area contributed by atoms with Gasteiger partial charge in [-0.1, -0.05) is 13.8 Å². The second-order valence-electron chi connectivity index (χ2n) is 6.11. The van der Waals surface area contributed by atoms with Crippen LogP contribution in [0.15, 0.2) is 12.1 Å². The highest BCUT2D eigenvalue weighted by molar-refractivity contribution is 5.81. The van der Waals surface area contributed by atoms with Crippen LogP contribution in [0.1, 0.15) is 62.3 Å². The van der Waals surface area contributed by atoms with Crippen molar-refractivity contribution in [2.75, 3.05) is 7.11 Å². The number of rotatable bonds is 5. The van der Waals surface area contributed by atoms with Crippen LogP contribution in [0, 0.1) is 12.8 Å². The summed E-state index contributed by atoms with van der Waals surface area (Å²) in [5.41, 5.74) is 3.54. The zero-order valence-corrected chi connectivity index (χ0v) is 13.1. The highest BCUT2D eigenvalue weighted by Gasteiger charge is 2.30. The Labute approximate surface area is 121 Å². The molecule has 0 aliphatic heterocycles. The van der Waals surface area contributed by atoms with Crippen molar-refractivity contribution in [1.82, 2.24) is 5.32 Å². The van der Waals surface area contributed by atoms with Gasteiger partial charge in [0.25, 0.3) is 0 Å². The van der Waals surface area contributed by atoms with Gasteiger partial charge < -0.3 is 10.1 Å². The predicted octanol–water partition coefficient (Wildman–Crippen LogP) is 3.71. The molecule has 1 aliphatic carbocycles. The first-order chi connectivity index (χ1) is 9.43. The summed E-state index contributed by atoms with van der Waals surface area (Å²) in [6, 6.07) is 4.30. The Kier molecular flexibility index (Phi) is 4.36. The van der Waals surface area contributed by atoms with Crippen molar-refractivity contribution in [3.8, 4) is 5.75 Å². The fourth-order valence-electron chi connectivity index (χ4n) is 2.56. The highest BCUT2D eigenvalue weighted by Crippen LogP contribution is 2.33. The SMILES string of the molecule is COc1cc(C)c([C@@H](C)NC(=O)C2CC2)cc1C(C)C. The maximum Gasteiger partial charge on any atom is 0.223 e. The first kappa shape index (κ1) is 14.9. The Balaban J connectivity index is 2.25. The fraction of sp³-hybridized carbons (Fsp3) is 0.588. The number of ether oxygens (including phenoxy) is 1.